The SMILES string of the molecule is CC(C)CC1CCCC(Nc2cccc(F)c2)(C(=O)O)C1. The molecule has 1 fully saturated rings. The topological polar surface area (TPSA) is 49.3 Å². The minimum absolute atomic E-state index is 0.352. The van der Waals surface area contributed by atoms with Crippen LogP contribution in [0.25, 0.3) is 0 Å². The van der Waals surface area contributed by atoms with Crippen molar-refractivity contribution in [2.75, 3.05) is 5.32 Å². The van der Waals surface area contributed by atoms with Crippen LogP contribution in [0.3, 0.4) is 0 Å². The van der Waals surface area contributed by atoms with Crippen LogP contribution in [0.4, 0.5) is 10.1 Å². The molecule has 0 saturated heterocycles. The Balaban J connectivity index is 2.18. The van der Waals surface area contributed by atoms with Gasteiger partial charge in [0.25, 0.3) is 0 Å². The molecule has 2 atom stereocenters. The third kappa shape index (κ3) is 3.96. The Kier molecular flexibility index (Phi) is 4.86. The first-order valence-corrected chi connectivity index (χ1v) is 7.68. The lowest BCUT2D eigenvalue weighted by Gasteiger charge is -2.39. The molecule has 3 nitrogen and oxygen atoms in total. The van der Waals surface area contributed by atoms with Gasteiger partial charge in [-0.15, -0.1) is 0 Å². The predicted molar refractivity (Wildman–Crippen MR) is 81.8 cm³/mol. The molecule has 2 rings (SSSR count). The number of anilines is 1. The molecule has 116 valence electrons. The van der Waals surface area contributed by atoms with Crippen LogP contribution < -0.4 is 5.32 Å². The van der Waals surface area contributed by atoms with Gasteiger partial charge < -0.3 is 10.4 Å². The first kappa shape index (κ1) is 15.8. The van der Waals surface area contributed by atoms with Crippen LogP contribution in [0, 0.1) is 17.7 Å². The van der Waals surface area contributed by atoms with Crippen molar-refractivity contribution in [3.8, 4) is 0 Å². The van der Waals surface area contributed by atoms with Gasteiger partial charge in [-0.25, -0.2) is 9.18 Å². The van der Waals surface area contributed by atoms with Crippen molar-refractivity contribution in [3.63, 3.8) is 0 Å². The number of hydrogen-bond acceptors (Lipinski definition) is 2. The van der Waals surface area contributed by atoms with E-state index in [4.69, 9.17) is 0 Å². The lowest BCUT2D eigenvalue weighted by molar-refractivity contribution is -0.144. The summed E-state index contributed by atoms with van der Waals surface area (Å²) in [6, 6.07) is 6.04. The molecule has 0 spiro atoms. The normalized spacial score (nSPS) is 25.8. The van der Waals surface area contributed by atoms with E-state index in [1.165, 1.54) is 12.1 Å². The van der Waals surface area contributed by atoms with Crippen LogP contribution in [0.2, 0.25) is 0 Å². The highest BCUT2D eigenvalue weighted by Crippen LogP contribution is 2.38. The molecule has 21 heavy (non-hydrogen) atoms. The van der Waals surface area contributed by atoms with Gasteiger partial charge in [0.05, 0.1) is 0 Å². The standard InChI is InChI=1S/C17H24FNO2/c1-12(2)9-13-5-4-8-17(11-13,16(20)21)19-15-7-3-6-14(18)10-15/h3,6-7,10,12-13,19H,4-5,8-9,11H2,1-2H3,(H,20,21). The number of aliphatic carboxylic acids is 1. The van der Waals surface area contributed by atoms with E-state index in [1.807, 2.05) is 0 Å². The molecule has 0 heterocycles. The molecule has 0 aromatic heterocycles. The highest BCUT2D eigenvalue weighted by atomic mass is 19.1. The average Bonchev–Trinajstić information content (AvgIpc) is 2.38. The summed E-state index contributed by atoms with van der Waals surface area (Å²) in [6.07, 6.45) is 4.22. The second kappa shape index (κ2) is 6.46. The Hall–Kier alpha value is -1.58. The summed E-state index contributed by atoms with van der Waals surface area (Å²) < 4.78 is 13.3. The number of hydrogen-bond donors (Lipinski definition) is 2. The van der Waals surface area contributed by atoms with E-state index in [-0.39, 0.29) is 5.82 Å². The van der Waals surface area contributed by atoms with E-state index in [1.54, 1.807) is 12.1 Å². The van der Waals surface area contributed by atoms with Gasteiger partial charge in [0.2, 0.25) is 0 Å². The Morgan fingerprint density at radius 3 is 2.90 bits per heavy atom. The van der Waals surface area contributed by atoms with Gasteiger partial charge in [0.15, 0.2) is 0 Å². The molecule has 0 aliphatic heterocycles. The van der Waals surface area contributed by atoms with Gasteiger partial charge in [-0.2, -0.15) is 0 Å². The maximum atomic E-state index is 13.3. The number of nitrogens with one attached hydrogen (secondary N) is 1. The Bertz CT molecular complexity index is 503. The van der Waals surface area contributed by atoms with Gasteiger partial charge in [-0.1, -0.05) is 32.8 Å². The minimum Gasteiger partial charge on any atom is -0.480 e. The smallest absolute Gasteiger partial charge is 0.329 e. The number of carboxylic acid groups (broad SMARTS) is 1. The van der Waals surface area contributed by atoms with Gasteiger partial charge in [-0.3, -0.25) is 0 Å². The number of carboxylic acids is 1. The molecule has 1 aromatic carbocycles. The first-order chi connectivity index (χ1) is 9.91. The minimum atomic E-state index is -0.967. The summed E-state index contributed by atoms with van der Waals surface area (Å²) in [5.74, 6) is -0.208. The van der Waals surface area contributed by atoms with Gasteiger partial charge in [-0.05, 0) is 49.3 Å². The summed E-state index contributed by atoms with van der Waals surface area (Å²) in [6.45, 7) is 4.33. The van der Waals surface area contributed by atoms with Crippen LogP contribution in [-0.4, -0.2) is 16.6 Å². The maximum absolute atomic E-state index is 13.3. The second-order valence-corrected chi connectivity index (χ2v) is 6.61. The average molecular weight is 293 g/mol. The Labute approximate surface area is 125 Å². The summed E-state index contributed by atoms with van der Waals surface area (Å²) in [7, 11) is 0. The third-order valence-corrected chi connectivity index (χ3v) is 4.28. The zero-order chi connectivity index (χ0) is 15.5. The molecule has 1 aliphatic carbocycles. The fourth-order valence-corrected chi connectivity index (χ4v) is 3.46. The van der Waals surface area contributed by atoms with Gasteiger partial charge >= 0.3 is 5.97 Å². The van der Waals surface area contributed by atoms with E-state index in [0.29, 0.717) is 30.4 Å². The van der Waals surface area contributed by atoms with Crippen LogP contribution in [0.1, 0.15) is 46.0 Å². The molecule has 2 unspecified atom stereocenters. The molecule has 2 N–H and O–H groups in total. The van der Waals surface area contributed by atoms with E-state index >= 15 is 0 Å². The third-order valence-electron chi connectivity index (χ3n) is 4.28. The fraction of sp³-hybridized carbons (Fsp3) is 0.588. The Morgan fingerprint density at radius 2 is 2.29 bits per heavy atom. The number of benzene rings is 1. The summed E-state index contributed by atoms with van der Waals surface area (Å²) in [5, 5.41) is 12.8. The van der Waals surface area contributed by atoms with Crippen molar-refractivity contribution in [2.45, 2.75) is 51.5 Å². The van der Waals surface area contributed by atoms with E-state index in [0.717, 1.165) is 19.3 Å². The molecule has 1 saturated carbocycles. The van der Waals surface area contributed by atoms with Crippen molar-refractivity contribution in [1.29, 1.82) is 0 Å². The van der Waals surface area contributed by atoms with Crippen molar-refractivity contribution < 1.29 is 14.3 Å². The molecule has 0 bridgehead atoms. The summed E-state index contributed by atoms with van der Waals surface area (Å²) in [5.41, 5.74) is -0.423. The van der Waals surface area contributed by atoms with E-state index in [2.05, 4.69) is 19.2 Å². The summed E-state index contributed by atoms with van der Waals surface area (Å²) >= 11 is 0. The summed E-state index contributed by atoms with van der Waals surface area (Å²) in [4.78, 5) is 11.8. The van der Waals surface area contributed by atoms with E-state index < -0.39 is 11.5 Å². The maximum Gasteiger partial charge on any atom is 0.329 e. The zero-order valence-corrected chi connectivity index (χ0v) is 12.7. The predicted octanol–water partition coefficient (Wildman–Crippen LogP) is 4.30. The lowest BCUT2D eigenvalue weighted by atomic mass is 9.73. The number of carbonyl (C=O) groups is 1. The van der Waals surface area contributed by atoms with Crippen molar-refractivity contribution in [1.82, 2.24) is 0 Å². The largest absolute Gasteiger partial charge is 0.480 e. The van der Waals surface area contributed by atoms with Crippen LogP contribution >= 0.6 is 0 Å². The highest BCUT2D eigenvalue weighted by Gasteiger charge is 2.43. The van der Waals surface area contributed by atoms with Crippen LogP contribution in [0.5, 0.6) is 0 Å². The molecule has 0 amide bonds. The molecular weight excluding hydrogens is 269 g/mol. The van der Waals surface area contributed by atoms with Crippen LogP contribution in [-0.2, 0) is 4.79 Å². The van der Waals surface area contributed by atoms with Crippen molar-refractivity contribution in [3.05, 3.63) is 30.1 Å². The monoisotopic (exact) mass is 293 g/mol. The fourth-order valence-electron chi connectivity index (χ4n) is 3.46. The molecule has 1 aromatic rings. The van der Waals surface area contributed by atoms with Gasteiger partial charge in [0.1, 0.15) is 11.4 Å². The zero-order valence-electron chi connectivity index (χ0n) is 12.7. The first-order valence-electron chi connectivity index (χ1n) is 7.68. The van der Waals surface area contributed by atoms with Crippen LogP contribution in [0.15, 0.2) is 24.3 Å². The molecule has 4 heteroatoms. The quantitative estimate of drug-likeness (QED) is 0.851. The molecular formula is C17H24FNO2. The molecule has 1 aliphatic rings. The Morgan fingerprint density at radius 1 is 1.52 bits per heavy atom. The van der Waals surface area contributed by atoms with Crippen molar-refractivity contribution in [2.24, 2.45) is 11.8 Å². The van der Waals surface area contributed by atoms with E-state index in [9.17, 15) is 14.3 Å². The van der Waals surface area contributed by atoms with Crippen molar-refractivity contribution >= 4 is 11.7 Å². The second-order valence-electron chi connectivity index (χ2n) is 6.61. The number of rotatable bonds is 5. The number of halogens is 1. The molecule has 0 radical (unpaired) electrons. The lowest BCUT2D eigenvalue weighted by Crippen LogP contribution is -2.50. The highest BCUT2D eigenvalue weighted by molar-refractivity contribution is 5.83. The van der Waals surface area contributed by atoms with Gasteiger partial charge in [0, 0.05) is 5.69 Å².